The Morgan fingerprint density at radius 2 is 1.91 bits per heavy atom. The minimum atomic E-state index is -4.36. The van der Waals surface area contributed by atoms with Crippen LogP contribution >= 0.6 is 0 Å². The van der Waals surface area contributed by atoms with Crippen molar-refractivity contribution in [3.8, 4) is 5.75 Å². The van der Waals surface area contributed by atoms with Gasteiger partial charge in [0.15, 0.2) is 0 Å². The first-order valence-corrected chi connectivity index (χ1v) is 11.0. The summed E-state index contributed by atoms with van der Waals surface area (Å²) in [6.07, 6.45) is -0.0858. The van der Waals surface area contributed by atoms with E-state index in [2.05, 4.69) is 27.0 Å². The number of amides is 2. The molecule has 2 aromatic heterocycles. The van der Waals surface area contributed by atoms with Gasteiger partial charge < -0.3 is 19.5 Å². The van der Waals surface area contributed by atoms with E-state index in [1.165, 1.54) is 30.7 Å². The van der Waals surface area contributed by atoms with E-state index in [9.17, 15) is 18.0 Å². The molecule has 0 bridgehead atoms. The Hall–Kier alpha value is -3.23. The number of ether oxygens (including phenoxy) is 1. The highest BCUT2D eigenvalue weighted by Gasteiger charge is 2.32. The summed E-state index contributed by atoms with van der Waals surface area (Å²) in [5.41, 5.74) is 2.53. The number of pyridine rings is 1. The highest BCUT2D eigenvalue weighted by molar-refractivity contribution is 5.79. The van der Waals surface area contributed by atoms with E-state index in [0.717, 1.165) is 28.7 Å². The summed E-state index contributed by atoms with van der Waals surface area (Å²) < 4.78 is 45.6. The van der Waals surface area contributed by atoms with Gasteiger partial charge in [-0.3, -0.25) is 0 Å². The molecule has 1 aliphatic carbocycles. The lowest BCUT2D eigenvalue weighted by molar-refractivity contribution is -0.137. The molecule has 1 N–H and O–H groups in total. The van der Waals surface area contributed by atoms with Gasteiger partial charge in [0.05, 0.1) is 12.2 Å². The first-order valence-electron chi connectivity index (χ1n) is 11.0. The third kappa shape index (κ3) is 4.62. The molecule has 33 heavy (non-hydrogen) atoms. The maximum absolute atomic E-state index is 12.6. The molecular formula is C24H25F3N4O2. The van der Waals surface area contributed by atoms with E-state index in [1.807, 2.05) is 7.05 Å². The van der Waals surface area contributed by atoms with Gasteiger partial charge in [-0.25, -0.2) is 9.78 Å². The maximum Gasteiger partial charge on any atom is 0.416 e. The number of carbonyl (C=O) groups excluding carboxylic acids is 1. The summed E-state index contributed by atoms with van der Waals surface area (Å²) in [5, 5.41) is 4.02. The van der Waals surface area contributed by atoms with E-state index in [4.69, 9.17) is 4.74 Å². The standard InChI is InChI=1S/C24H25F3N4O2/c1-30-21(17-2-3-17)9-18-8-15(10-28-22(18)30)11-29-23(32)31-12-16(13-31)14-33-20-6-4-19(5-7-20)24(25,26)27/h4-10,16-17H,2-3,11-14H2,1H3,(H,29,32). The summed E-state index contributed by atoms with van der Waals surface area (Å²) in [5.74, 6) is 1.19. The number of carbonyl (C=O) groups is 1. The van der Waals surface area contributed by atoms with Crippen molar-refractivity contribution in [1.29, 1.82) is 0 Å². The molecule has 0 radical (unpaired) electrons. The lowest BCUT2D eigenvalue weighted by Gasteiger charge is -2.38. The second-order valence-corrected chi connectivity index (χ2v) is 8.92. The fourth-order valence-electron chi connectivity index (χ4n) is 4.24. The molecule has 1 aliphatic heterocycles. The quantitative estimate of drug-likeness (QED) is 0.583. The van der Waals surface area contributed by atoms with Crippen LogP contribution in [0.15, 0.2) is 42.6 Å². The average Bonchev–Trinajstić information content (AvgIpc) is 3.54. The van der Waals surface area contributed by atoms with Gasteiger partial charge in [0, 0.05) is 49.9 Å². The van der Waals surface area contributed by atoms with Gasteiger partial charge in [0.25, 0.3) is 0 Å². The number of nitrogens with one attached hydrogen (secondary N) is 1. The summed E-state index contributed by atoms with van der Waals surface area (Å²) in [4.78, 5) is 18.7. The van der Waals surface area contributed by atoms with Gasteiger partial charge in [-0.05, 0) is 60.7 Å². The number of urea groups is 1. The Kier molecular flexibility index (Phi) is 5.42. The van der Waals surface area contributed by atoms with Crippen LogP contribution < -0.4 is 10.1 Å². The van der Waals surface area contributed by atoms with Crippen molar-refractivity contribution in [1.82, 2.24) is 19.8 Å². The number of nitrogens with zero attached hydrogens (tertiary/aromatic N) is 3. The first kappa shape index (κ1) is 21.6. The number of alkyl halides is 3. The molecule has 0 atom stereocenters. The van der Waals surface area contributed by atoms with E-state index in [0.29, 0.717) is 37.9 Å². The number of fused-ring (bicyclic) bond motifs is 1. The fraction of sp³-hybridized carbons (Fsp3) is 0.417. The Bertz CT molecular complexity index is 1160. The third-order valence-electron chi connectivity index (χ3n) is 6.31. The van der Waals surface area contributed by atoms with Crippen molar-refractivity contribution in [3.05, 3.63) is 59.4 Å². The normalized spacial score (nSPS) is 16.7. The number of halogens is 3. The number of benzene rings is 1. The number of hydrogen-bond donors (Lipinski definition) is 1. The number of hydrogen-bond acceptors (Lipinski definition) is 3. The van der Waals surface area contributed by atoms with Crippen LogP contribution in [0.2, 0.25) is 0 Å². The molecule has 1 saturated carbocycles. The molecule has 1 saturated heterocycles. The van der Waals surface area contributed by atoms with E-state index in [-0.39, 0.29) is 11.9 Å². The Balaban J connectivity index is 1.07. The maximum atomic E-state index is 12.6. The summed E-state index contributed by atoms with van der Waals surface area (Å²) in [6.45, 7) is 1.85. The average molecular weight is 458 g/mol. The fourth-order valence-corrected chi connectivity index (χ4v) is 4.24. The molecule has 1 aromatic carbocycles. The molecule has 3 heterocycles. The lowest BCUT2D eigenvalue weighted by atomic mass is 10.0. The monoisotopic (exact) mass is 458 g/mol. The SMILES string of the molecule is Cn1c(C2CC2)cc2cc(CNC(=O)N3CC(COc4ccc(C(F)(F)F)cc4)C3)cnc21. The zero-order valence-corrected chi connectivity index (χ0v) is 18.2. The van der Waals surface area contributed by atoms with Crippen molar-refractivity contribution < 1.29 is 22.7 Å². The molecule has 9 heteroatoms. The molecule has 0 unspecified atom stereocenters. The van der Waals surface area contributed by atoms with Crippen LogP contribution in [-0.4, -0.2) is 40.2 Å². The van der Waals surface area contributed by atoms with Crippen LogP contribution in [0.1, 0.15) is 35.6 Å². The van der Waals surface area contributed by atoms with Crippen molar-refractivity contribution in [2.24, 2.45) is 13.0 Å². The Labute approximate surface area is 189 Å². The summed E-state index contributed by atoms with van der Waals surface area (Å²) >= 11 is 0. The van der Waals surface area contributed by atoms with Crippen molar-refractivity contribution in [2.45, 2.75) is 31.5 Å². The van der Waals surface area contributed by atoms with Crippen molar-refractivity contribution in [2.75, 3.05) is 19.7 Å². The van der Waals surface area contributed by atoms with Crippen LogP contribution in [0.3, 0.4) is 0 Å². The second kappa shape index (κ2) is 8.28. The van der Waals surface area contributed by atoms with Crippen LogP contribution in [-0.2, 0) is 19.8 Å². The smallest absolute Gasteiger partial charge is 0.416 e. The predicted octanol–water partition coefficient (Wildman–Crippen LogP) is 4.69. The second-order valence-electron chi connectivity index (χ2n) is 8.92. The van der Waals surface area contributed by atoms with Gasteiger partial charge in [0.1, 0.15) is 11.4 Å². The highest BCUT2D eigenvalue weighted by Crippen LogP contribution is 2.41. The molecule has 6 nitrogen and oxygen atoms in total. The first-order chi connectivity index (χ1) is 15.8. The Morgan fingerprint density at radius 3 is 2.58 bits per heavy atom. The zero-order valence-electron chi connectivity index (χ0n) is 18.2. The van der Waals surface area contributed by atoms with Crippen molar-refractivity contribution in [3.63, 3.8) is 0 Å². The van der Waals surface area contributed by atoms with Crippen LogP contribution in [0.5, 0.6) is 5.75 Å². The molecule has 2 amide bonds. The number of aromatic nitrogens is 2. The molecule has 2 fully saturated rings. The number of rotatable bonds is 6. The zero-order chi connectivity index (χ0) is 23.2. The number of aryl methyl sites for hydroxylation is 1. The van der Waals surface area contributed by atoms with Gasteiger partial charge in [0.2, 0.25) is 0 Å². The largest absolute Gasteiger partial charge is 0.493 e. The van der Waals surface area contributed by atoms with Crippen molar-refractivity contribution >= 4 is 17.1 Å². The van der Waals surface area contributed by atoms with E-state index >= 15 is 0 Å². The molecule has 0 spiro atoms. The van der Waals surface area contributed by atoms with E-state index < -0.39 is 11.7 Å². The molecule has 174 valence electrons. The molecule has 3 aromatic rings. The molecular weight excluding hydrogens is 433 g/mol. The molecule has 5 rings (SSSR count). The Morgan fingerprint density at radius 1 is 1.18 bits per heavy atom. The molecule has 2 aliphatic rings. The minimum absolute atomic E-state index is 0.146. The summed E-state index contributed by atoms with van der Waals surface area (Å²) in [7, 11) is 2.05. The van der Waals surface area contributed by atoms with Crippen LogP contribution in [0.25, 0.3) is 11.0 Å². The van der Waals surface area contributed by atoms with Gasteiger partial charge in [-0.15, -0.1) is 0 Å². The van der Waals surface area contributed by atoms with E-state index in [1.54, 1.807) is 11.1 Å². The predicted molar refractivity (Wildman–Crippen MR) is 117 cm³/mol. The van der Waals surface area contributed by atoms with Crippen LogP contribution in [0.4, 0.5) is 18.0 Å². The minimum Gasteiger partial charge on any atom is -0.493 e. The lowest BCUT2D eigenvalue weighted by Crippen LogP contribution is -2.55. The number of likely N-dealkylation sites (tertiary alicyclic amines) is 1. The van der Waals surface area contributed by atoms with Gasteiger partial charge in [-0.2, -0.15) is 13.2 Å². The van der Waals surface area contributed by atoms with Crippen LogP contribution in [0, 0.1) is 5.92 Å². The summed E-state index contributed by atoms with van der Waals surface area (Å²) in [6, 6.07) is 8.77. The highest BCUT2D eigenvalue weighted by atomic mass is 19.4. The van der Waals surface area contributed by atoms with Gasteiger partial charge in [-0.1, -0.05) is 0 Å². The van der Waals surface area contributed by atoms with Gasteiger partial charge >= 0.3 is 12.2 Å². The third-order valence-corrected chi connectivity index (χ3v) is 6.31. The topological polar surface area (TPSA) is 59.4 Å².